The lowest BCUT2D eigenvalue weighted by atomic mass is 9.80. The minimum atomic E-state index is 0.568. The second-order valence-corrected chi connectivity index (χ2v) is 8.54. The van der Waals surface area contributed by atoms with Crippen molar-refractivity contribution in [1.29, 1.82) is 0 Å². The van der Waals surface area contributed by atoms with Crippen LogP contribution in [0.25, 0.3) is 0 Å². The van der Waals surface area contributed by atoms with Crippen LogP contribution in [0.5, 0.6) is 0 Å². The summed E-state index contributed by atoms with van der Waals surface area (Å²) in [7, 11) is 0. The molecule has 1 aromatic rings. The van der Waals surface area contributed by atoms with Gasteiger partial charge in [0.2, 0.25) is 0 Å². The Morgan fingerprint density at radius 3 is 2.00 bits per heavy atom. The van der Waals surface area contributed by atoms with Gasteiger partial charge in [0.15, 0.2) is 0 Å². The van der Waals surface area contributed by atoms with Gasteiger partial charge >= 0.3 is 0 Å². The molecule has 6 atom stereocenters. The molecule has 0 amide bonds. The Morgan fingerprint density at radius 1 is 0.783 bits per heavy atom. The van der Waals surface area contributed by atoms with E-state index in [1.165, 1.54) is 62.5 Å². The van der Waals surface area contributed by atoms with Gasteiger partial charge in [0.05, 0.1) is 24.4 Å². The van der Waals surface area contributed by atoms with Crippen molar-refractivity contribution in [2.75, 3.05) is 0 Å². The lowest BCUT2D eigenvalue weighted by Crippen LogP contribution is -2.18. The summed E-state index contributed by atoms with van der Waals surface area (Å²) in [5.41, 5.74) is 3.01. The van der Waals surface area contributed by atoms with Crippen LogP contribution in [0.3, 0.4) is 0 Å². The summed E-state index contributed by atoms with van der Waals surface area (Å²) in [6, 6.07) is 6.56. The van der Waals surface area contributed by atoms with Crippen molar-refractivity contribution in [2.24, 2.45) is 11.8 Å². The maximum Gasteiger partial charge on any atom is 0.0844 e. The van der Waals surface area contributed by atoms with E-state index in [4.69, 9.17) is 21.1 Å². The molecule has 0 N–H and O–H groups in total. The monoisotopic (exact) mass is 332 g/mol. The summed E-state index contributed by atoms with van der Waals surface area (Å²) in [5, 5.41) is 0.884. The molecule has 0 bridgehead atoms. The molecule has 3 heteroatoms. The van der Waals surface area contributed by atoms with Crippen LogP contribution in [0.15, 0.2) is 18.2 Å². The van der Waals surface area contributed by atoms with Gasteiger partial charge in [-0.25, -0.2) is 0 Å². The fourth-order valence-electron chi connectivity index (χ4n) is 4.95. The number of fused-ring (bicyclic) bond motifs is 2. The maximum absolute atomic E-state index is 6.30. The molecule has 2 saturated heterocycles. The molecule has 4 aliphatic rings. The molecule has 124 valence electrons. The van der Waals surface area contributed by atoms with Crippen molar-refractivity contribution in [3.63, 3.8) is 0 Å². The number of ether oxygens (including phenoxy) is 2. The maximum atomic E-state index is 6.30. The Labute approximate surface area is 143 Å². The third kappa shape index (κ3) is 3.18. The van der Waals surface area contributed by atoms with Gasteiger partial charge in [0, 0.05) is 5.02 Å². The second-order valence-electron chi connectivity index (χ2n) is 8.11. The van der Waals surface area contributed by atoms with Crippen LogP contribution in [-0.2, 0) is 22.3 Å². The average Bonchev–Trinajstić information content (AvgIpc) is 3.42. The first-order valence-electron chi connectivity index (χ1n) is 9.33. The first-order valence-corrected chi connectivity index (χ1v) is 9.70. The largest absolute Gasteiger partial charge is 0.370 e. The molecule has 23 heavy (non-hydrogen) atoms. The molecule has 2 nitrogen and oxygen atoms in total. The minimum absolute atomic E-state index is 0.568. The van der Waals surface area contributed by atoms with Crippen molar-refractivity contribution < 1.29 is 9.47 Å². The van der Waals surface area contributed by atoms with Gasteiger partial charge in [-0.1, -0.05) is 17.7 Å². The van der Waals surface area contributed by atoms with Crippen LogP contribution in [0, 0.1) is 11.8 Å². The van der Waals surface area contributed by atoms with E-state index in [0.717, 1.165) is 16.9 Å². The molecule has 0 aromatic heterocycles. The first kappa shape index (κ1) is 14.7. The fraction of sp³-hybridized carbons (Fsp3) is 0.700. The molecule has 5 rings (SSSR count). The molecular weight excluding hydrogens is 308 g/mol. The number of rotatable bonds is 4. The van der Waals surface area contributed by atoms with Gasteiger partial charge in [-0.05, 0) is 86.5 Å². The third-order valence-corrected chi connectivity index (χ3v) is 6.65. The van der Waals surface area contributed by atoms with Crippen LogP contribution < -0.4 is 0 Å². The zero-order valence-corrected chi connectivity index (χ0v) is 14.3. The third-order valence-electron chi connectivity index (χ3n) is 6.41. The van der Waals surface area contributed by atoms with Gasteiger partial charge in [0.1, 0.15) is 0 Å². The van der Waals surface area contributed by atoms with Crippen LogP contribution >= 0.6 is 11.6 Å². The summed E-state index contributed by atoms with van der Waals surface area (Å²) < 4.78 is 11.4. The highest BCUT2D eigenvalue weighted by Crippen LogP contribution is 2.43. The number of hydrogen-bond donors (Lipinski definition) is 0. The molecule has 2 heterocycles. The Bertz CT molecular complexity index is 601. The number of halogens is 1. The number of benzene rings is 1. The zero-order chi connectivity index (χ0) is 15.4. The van der Waals surface area contributed by atoms with E-state index in [9.17, 15) is 0 Å². The summed E-state index contributed by atoms with van der Waals surface area (Å²) >= 11 is 6.30. The molecule has 0 spiro atoms. The summed E-state index contributed by atoms with van der Waals surface area (Å²) in [4.78, 5) is 0. The standard InChI is InChI=1S/C20H25ClO2/c21-16-4-3-14(7-12-1-5-17-19(9-12)22-17)15(11-16)8-13-2-6-18-20(10-13)23-18/h3-4,11-13,17-20H,1-2,5-10H2. The van der Waals surface area contributed by atoms with Gasteiger partial charge in [-0.2, -0.15) is 0 Å². The molecule has 2 aliphatic heterocycles. The Hall–Kier alpha value is -0.570. The first-order chi connectivity index (χ1) is 11.2. The van der Waals surface area contributed by atoms with E-state index >= 15 is 0 Å². The number of hydrogen-bond acceptors (Lipinski definition) is 2. The second kappa shape index (κ2) is 5.75. The summed E-state index contributed by atoms with van der Waals surface area (Å²) in [6.45, 7) is 0. The van der Waals surface area contributed by atoms with Crippen molar-refractivity contribution in [3.8, 4) is 0 Å². The van der Waals surface area contributed by atoms with Crippen LogP contribution in [0.4, 0.5) is 0 Å². The van der Waals surface area contributed by atoms with Crippen molar-refractivity contribution >= 4 is 11.6 Å². The van der Waals surface area contributed by atoms with E-state index in [1.807, 2.05) is 0 Å². The van der Waals surface area contributed by atoms with E-state index in [-0.39, 0.29) is 0 Å². The number of epoxide rings is 2. The highest BCUT2D eigenvalue weighted by molar-refractivity contribution is 6.30. The van der Waals surface area contributed by atoms with Crippen LogP contribution in [-0.4, -0.2) is 24.4 Å². The summed E-state index contributed by atoms with van der Waals surface area (Å²) in [6.07, 6.45) is 12.4. The van der Waals surface area contributed by atoms with Crippen molar-refractivity contribution in [3.05, 3.63) is 34.3 Å². The molecular formula is C20H25ClO2. The molecule has 4 fully saturated rings. The molecule has 0 radical (unpaired) electrons. The van der Waals surface area contributed by atoms with Gasteiger partial charge in [-0.15, -0.1) is 0 Å². The SMILES string of the molecule is Clc1ccc(CC2CCC3OC3C2)c(CC2CCC3OC3C2)c1. The molecule has 1 aromatic carbocycles. The smallest absolute Gasteiger partial charge is 0.0844 e. The zero-order valence-electron chi connectivity index (χ0n) is 13.5. The molecule has 6 unspecified atom stereocenters. The van der Waals surface area contributed by atoms with E-state index in [1.54, 1.807) is 0 Å². The van der Waals surface area contributed by atoms with Crippen LogP contribution in [0.2, 0.25) is 5.02 Å². The Kier molecular flexibility index (Phi) is 3.69. The predicted octanol–water partition coefficient (Wildman–Crippen LogP) is 4.56. The molecule has 2 aliphatic carbocycles. The Morgan fingerprint density at radius 2 is 1.39 bits per heavy atom. The lowest BCUT2D eigenvalue weighted by molar-refractivity contribution is 0.356. The minimum Gasteiger partial charge on any atom is -0.370 e. The van der Waals surface area contributed by atoms with Crippen LogP contribution in [0.1, 0.15) is 49.7 Å². The highest BCUT2D eigenvalue weighted by atomic mass is 35.5. The predicted molar refractivity (Wildman–Crippen MR) is 90.9 cm³/mol. The average molecular weight is 333 g/mol. The van der Waals surface area contributed by atoms with E-state index in [0.29, 0.717) is 24.4 Å². The van der Waals surface area contributed by atoms with E-state index in [2.05, 4.69) is 18.2 Å². The highest BCUT2D eigenvalue weighted by Gasteiger charge is 2.44. The quantitative estimate of drug-likeness (QED) is 0.755. The molecule has 2 saturated carbocycles. The topological polar surface area (TPSA) is 25.1 Å². The van der Waals surface area contributed by atoms with Crippen molar-refractivity contribution in [1.82, 2.24) is 0 Å². The van der Waals surface area contributed by atoms with E-state index < -0.39 is 0 Å². The lowest BCUT2D eigenvalue weighted by Gasteiger charge is -2.23. The Balaban J connectivity index is 1.29. The van der Waals surface area contributed by atoms with Crippen molar-refractivity contribution in [2.45, 2.75) is 75.8 Å². The van der Waals surface area contributed by atoms with Gasteiger partial charge in [0.25, 0.3) is 0 Å². The van der Waals surface area contributed by atoms with Gasteiger partial charge < -0.3 is 9.47 Å². The van der Waals surface area contributed by atoms with Gasteiger partial charge in [-0.3, -0.25) is 0 Å². The normalized spacial score (nSPS) is 41.1. The summed E-state index contributed by atoms with van der Waals surface area (Å²) in [5.74, 6) is 1.57. The fourth-order valence-corrected chi connectivity index (χ4v) is 5.14.